The highest BCUT2D eigenvalue weighted by Crippen LogP contribution is 2.43. The molecule has 3 heterocycles. The first-order valence-electron chi connectivity index (χ1n) is 9.64. The van der Waals surface area contributed by atoms with Gasteiger partial charge in [-0.15, -0.1) is 0 Å². The third-order valence-electron chi connectivity index (χ3n) is 6.20. The van der Waals surface area contributed by atoms with Gasteiger partial charge in [0.15, 0.2) is 0 Å². The van der Waals surface area contributed by atoms with Crippen LogP contribution in [0.1, 0.15) is 30.9 Å². The molecule has 4 rings (SSSR count). The summed E-state index contributed by atoms with van der Waals surface area (Å²) in [6.45, 7) is 2.70. The first-order valence-corrected chi connectivity index (χ1v) is 9.64. The molecule has 3 atom stereocenters. The molecule has 7 nitrogen and oxygen atoms in total. The zero-order chi connectivity index (χ0) is 19.0. The van der Waals surface area contributed by atoms with Crippen molar-refractivity contribution in [2.75, 3.05) is 33.4 Å². The molecular formula is C20H27N3O4. The first-order chi connectivity index (χ1) is 13.1. The highest BCUT2D eigenvalue weighted by Gasteiger charge is 2.50. The number of ether oxygens (including phenoxy) is 2. The van der Waals surface area contributed by atoms with Crippen LogP contribution in [0.3, 0.4) is 0 Å². The zero-order valence-corrected chi connectivity index (χ0v) is 15.7. The predicted octanol–water partition coefficient (Wildman–Crippen LogP) is 0.933. The van der Waals surface area contributed by atoms with E-state index >= 15 is 0 Å². The summed E-state index contributed by atoms with van der Waals surface area (Å²) in [7, 11) is 1.62. The molecule has 0 spiro atoms. The van der Waals surface area contributed by atoms with E-state index in [2.05, 4.69) is 4.90 Å². The van der Waals surface area contributed by atoms with Gasteiger partial charge in [-0.3, -0.25) is 14.5 Å². The minimum atomic E-state index is -0.359. The van der Waals surface area contributed by atoms with Crippen molar-refractivity contribution in [2.24, 2.45) is 11.7 Å². The Bertz CT molecular complexity index is 702. The Hall–Kier alpha value is -2.12. The summed E-state index contributed by atoms with van der Waals surface area (Å²) in [6.07, 6.45) is 2.54. The molecule has 3 saturated heterocycles. The number of carbonyl (C=O) groups excluding carboxylic acids is 2. The quantitative estimate of drug-likeness (QED) is 0.849. The number of fused-ring (bicyclic) bond motifs is 1. The number of methoxy groups -OCH3 is 1. The van der Waals surface area contributed by atoms with E-state index in [1.54, 1.807) is 7.11 Å². The van der Waals surface area contributed by atoms with Crippen LogP contribution in [0.25, 0.3) is 0 Å². The number of hydrogen-bond acceptors (Lipinski definition) is 5. The standard InChI is InChI=1S/C20H27N3O4/c1-26-16-4-2-13(3-5-16)19-17(20(21)25)10-15-11-22(12-18(24)23(15)19)14-6-8-27-9-7-14/h2-5,14-15,17,19H,6-12H2,1H3,(H2,21,25)/t15-,17-,19-/m1/s1. The second-order valence-electron chi connectivity index (χ2n) is 7.69. The fourth-order valence-corrected chi connectivity index (χ4v) is 4.86. The van der Waals surface area contributed by atoms with Crippen molar-refractivity contribution in [1.29, 1.82) is 0 Å². The number of benzene rings is 1. The number of nitrogens with two attached hydrogens (primary N) is 1. The maximum Gasteiger partial charge on any atom is 0.237 e. The minimum absolute atomic E-state index is 0.0266. The van der Waals surface area contributed by atoms with Crippen LogP contribution in [0.5, 0.6) is 5.75 Å². The van der Waals surface area contributed by atoms with E-state index in [0.29, 0.717) is 19.0 Å². The molecule has 1 aromatic rings. The minimum Gasteiger partial charge on any atom is -0.497 e. The van der Waals surface area contributed by atoms with Crippen molar-refractivity contribution >= 4 is 11.8 Å². The Morgan fingerprint density at radius 2 is 1.89 bits per heavy atom. The Labute approximate surface area is 159 Å². The summed E-state index contributed by atoms with van der Waals surface area (Å²) in [5, 5.41) is 0. The summed E-state index contributed by atoms with van der Waals surface area (Å²) >= 11 is 0. The summed E-state index contributed by atoms with van der Waals surface area (Å²) in [5.41, 5.74) is 6.67. The lowest BCUT2D eigenvalue weighted by atomic mass is 9.92. The van der Waals surface area contributed by atoms with Crippen LogP contribution < -0.4 is 10.5 Å². The average Bonchev–Trinajstić information content (AvgIpc) is 3.09. The molecule has 7 heteroatoms. The number of amides is 2. The molecule has 3 aliphatic heterocycles. The fraction of sp³-hybridized carbons (Fsp3) is 0.600. The maximum absolute atomic E-state index is 13.1. The van der Waals surface area contributed by atoms with E-state index < -0.39 is 0 Å². The topological polar surface area (TPSA) is 85.1 Å². The maximum atomic E-state index is 13.1. The van der Waals surface area contributed by atoms with Gasteiger partial charge in [0.2, 0.25) is 11.8 Å². The summed E-state index contributed by atoms with van der Waals surface area (Å²) in [6, 6.07) is 7.71. The summed E-state index contributed by atoms with van der Waals surface area (Å²) in [4.78, 5) is 29.4. The van der Waals surface area contributed by atoms with Crippen LogP contribution in [0.15, 0.2) is 24.3 Å². The van der Waals surface area contributed by atoms with Crippen LogP contribution >= 0.6 is 0 Å². The van der Waals surface area contributed by atoms with Crippen molar-refractivity contribution in [3.8, 4) is 5.75 Å². The highest BCUT2D eigenvalue weighted by atomic mass is 16.5. The van der Waals surface area contributed by atoms with Crippen LogP contribution in [0.4, 0.5) is 0 Å². The van der Waals surface area contributed by atoms with Crippen molar-refractivity contribution in [1.82, 2.24) is 9.80 Å². The molecule has 0 aromatic heterocycles. The van der Waals surface area contributed by atoms with Gasteiger partial charge in [0.05, 0.1) is 25.6 Å². The molecule has 0 radical (unpaired) electrons. The average molecular weight is 373 g/mol. The summed E-state index contributed by atoms with van der Waals surface area (Å²) in [5.74, 6) is 0.138. The highest BCUT2D eigenvalue weighted by molar-refractivity contribution is 5.84. The van der Waals surface area contributed by atoms with Gasteiger partial charge in [0.25, 0.3) is 0 Å². The zero-order valence-electron chi connectivity index (χ0n) is 15.7. The van der Waals surface area contributed by atoms with Gasteiger partial charge in [-0.1, -0.05) is 12.1 Å². The van der Waals surface area contributed by atoms with E-state index in [-0.39, 0.29) is 29.8 Å². The van der Waals surface area contributed by atoms with E-state index in [0.717, 1.165) is 43.9 Å². The SMILES string of the molecule is COc1ccc([C@@H]2[C@H](C(N)=O)C[C@@H]3CN(C4CCOCC4)CC(=O)N32)cc1. The molecule has 27 heavy (non-hydrogen) atoms. The van der Waals surface area contributed by atoms with Gasteiger partial charge in [-0.25, -0.2) is 0 Å². The molecule has 3 fully saturated rings. The van der Waals surface area contributed by atoms with Gasteiger partial charge in [-0.2, -0.15) is 0 Å². The third kappa shape index (κ3) is 3.41. The Kier molecular flexibility index (Phi) is 5.06. The number of nitrogens with zero attached hydrogens (tertiary/aromatic N) is 2. The largest absolute Gasteiger partial charge is 0.497 e. The van der Waals surface area contributed by atoms with Crippen molar-refractivity contribution < 1.29 is 19.1 Å². The number of rotatable bonds is 4. The number of carbonyl (C=O) groups is 2. The van der Waals surface area contributed by atoms with Crippen molar-refractivity contribution in [3.63, 3.8) is 0 Å². The molecule has 0 unspecified atom stereocenters. The van der Waals surface area contributed by atoms with Gasteiger partial charge >= 0.3 is 0 Å². The Morgan fingerprint density at radius 3 is 2.52 bits per heavy atom. The summed E-state index contributed by atoms with van der Waals surface area (Å²) < 4.78 is 10.7. The van der Waals surface area contributed by atoms with Crippen LogP contribution in [0, 0.1) is 5.92 Å². The smallest absolute Gasteiger partial charge is 0.237 e. The molecule has 0 bridgehead atoms. The fourth-order valence-electron chi connectivity index (χ4n) is 4.86. The molecule has 0 aliphatic carbocycles. The molecule has 146 valence electrons. The third-order valence-corrected chi connectivity index (χ3v) is 6.20. The van der Waals surface area contributed by atoms with Crippen LogP contribution in [-0.2, 0) is 14.3 Å². The number of piperazine rings is 1. The van der Waals surface area contributed by atoms with E-state index in [1.807, 2.05) is 29.2 Å². The van der Waals surface area contributed by atoms with E-state index in [9.17, 15) is 9.59 Å². The van der Waals surface area contributed by atoms with E-state index in [4.69, 9.17) is 15.2 Å². The molecule has 2 N–H and O–H groups in total. The second kappa shape index (κ2) is 7.48. The van der Waals surface area contributed by atoms with Crippen LogP contribution in [0.2, 0.25) is 0 Å². The molecular weight excluding hydrogens is 346 g/mol. The Morgan fingerprint density at radius 1 is 1.19 bits per heavy atom. The lowest BCUT2D eigenvalue weighted by molar-refractivity contribution is -0.143. The van der Waals surface area contributed by atoms with Gasteiger partial charge in [-0.05, 0) is 37.0 Å². The number of hydrogen-bond donors (Lipinski definition) is 1. The lowest BCUT2D eigenvalue weighted by Gasteiger charge is -2.44. The van der Waals surface area contributed by atoms with Crippen LogP contribution in [-0.4, -0.2) is 67.1 Å². The molecule has 0 saturated carbocycles. The van der Waals surface area contributed by atoms with Gasteiger partial charge < -0.3 is 20.1 Å². The van der Waals surface area contributed by atoms with E-state index in [1.165, 1.54) is 0 Å². The normalized spacial score (nSPS) is 29.6. The van der Waals surface area contributed by atoms with Crippen molar-refractivity contribution in [2.45, 2.75) is 37.4 Å². The first kappa shape index (κ1) is 18.3. The second-order valence-corrected chi connectivity index (χ2v) is 7.69. The predicted molar refractivity (Wildman–Crippen MR) is 99.1 cm³/mol. The van der Waals surface area contributed by atoms with Gasteiger partial charge in [0.1, 0.15) is 5.75 Å². The Balaban J connectivity index is 1.59. The van der Waals surface area contributed by atoms with Crippen molar-refractivity contribution in [3.05, 3.63) is 29.8 Å². The monoisotopic (exact) mass is 373 g/mol. The van der Waals surface area contributed by atoms with Gasteiger partial charge in [0, 0.05) is 31.8 Å². The molecule has 1 aromatic carbocycles. The lowest BCUT2D eigenvalue weighted by Crippen LogP contribution is -2.57. The molecule has 2 amide bonds. The molecule has 3 aliphatic rings. The number of primary amides is 1.